The molecule has 3 aromatic rings. The number of thiophene rings is 1. The number of carbonyl (C=O) groups excluding carboxylic acids is 1. The molecule has 0 radical (unpaired) electrons. The molecule has 2 N–H and O–H groups in total. The number of nitrogens with two attached hydrogens (primary N) is 1. The van der Waals surface area contributed by atoms with Gasteiger partial charge in [0.15, 0.2) is 0 Å². The number of para-hydroxylation sites is 1. The van der Waals surface area contributed by atoms with Crippen molar-refractivity contribution in [2.24, 2.45) is 5.73 Å². The molecular weight excluding hydrogens is 370 g/mol. The molecular formula is C21H21N5OS. The van der Waals surface area contributed by atoms with Crippen molar-refractivity contribution in [2.45, 2.75) is 25.3 Å². The summed E-state index contributed by atoms with van der Waals surface area (Å²) >= 11 is 1.54. The molecule has 1 fully saturated rings. The van der Waals surface area contributed by atoms with Crippen molar-refractivity contribution < 1.29 is 4.79 Å². The number of nitriles is 1. The van der Waals surface area contributed by atoms with Crippen LogP contribution >= 0.6 is 11.3 Å². The summed E-state index contributed by atoms with van der Waals surface area (Å²) in [6.45, 7) is 2.64. The molecule has 1 aliphatic heterocycles. The smallest absolute Gasteiger partial charge is 0.252 e. The van der Waals surface area contributed by atoms with E-state index < -0.39 is 5.91 Å². The van der Waals surface area contributed by atoms with Gasteiger partial charge in [0.2, 0.25) is 0 Å². The van der Waals surface area contributed by atoms with Gasteiger partial charge in [0.1, 0.15) is 10.9 Å². The van der Waals surface area contributed by atoms with Crippen molar-refractivity contribution in [1.82, 2.24) is 14.7 Å². The highest BCUT2D eigenvalue weighted by molar-refractivity contribution is 7.12. The fourth-order valence-corrected chi connectivity index (χ4v) is 4.60. The molecule has 0 saturated carbocycles. The van der Waals surface area contributed by atoms with Crippen molar-refractivity contribution in [3.05, 3.63) is 69.7 Å². The first-order chi connectivity index (χ1) is 13.6. The monoisotopic (exact) mass is 391 g/mol. The first kappa shape index (κ1) is 18.4. The number of aromatic nitrogens is 2. The first-order valence-corrected chi connectivity index (χ1v) is 10.1. The molecule has 1 atom stereocenters. The Morgan fingerprint density at radius 3 is 2.82 bits per heavy atom. The molecule has 2 aromatic heterocycles. The van der Waals surface area contributed by atoms with E-state index in [1.807, 2.05) is 42.5 Å². The number of amides is 1. The maximum atomic E-state index is 12.0. The number of nitrogens with zero attached hydrogens (tertiary/aromatic N) is 4. The average Bonchev–Trinajstić information content (AvgIpc) is 3.36. The van der Waals surface area contributed by atoms with Gasteiger partial charge in [-0.3, -0.25) is 9.69 Å². The van der Waals surface area contributed by atoms with Crippen molar-refractivity contribution >= 4 is 17.2 Å². The largest absolute Gasteiger partial charge is 0.365 e. The number of likely N-dealkylation sites (tertiary alicyclic amines) is 1. The molecule has 7 heteroatoms. The highest BCUT2D eigenvalue weighted by atomic mass is 32.1. The van der Waals surface area contributed by atoms with Gasteiger partial charge in [-0.1, -0.05) is 18.2 Å². The minimum Gasteiger partial charge on any atom is -0.365 e. The maximum absolute atomic E-state index is 12.0. The van der Waals surface area contributed by atoms with Crippen LogP contribution in [0, 0.1) is 11.3 Å². The Hall–Kier alpha value is -2.95. The Morgan fingerprint density at radius 1 is 1.29 bits per heavy atom. The third-order valence-corrected chi connectivity index (χ3v) is 6.05. The molecule has 4 rings (SSSR count). The predicted molar refractivity (Wildman–Crippen MR) is 108 cm³/mol. The van der Waals surface area contributed by atoms with E-state index in [1.165, 1.54) is 16.2 Å². The number of benzene rings is 1. The second-order valence-corrected chi connectivity index (χ2v) is 8.19. The van der Waals surface area contributed by atoms with Crippen LogP contribution in [0.4, 0.5) is 0 Å². The van der Waals surface area contributed by atoms with E-state index >= 15 is 0 Å². The Kier molecular flexibility index (Phi) is 5.24. The second-order valence-electron chi connectivity index (χ2n) is 7.02. The average molecular weight is 392 g/mol. The van der Waals surface area contributed by atoms with Gasteiger partial charge in [-0.05, 0) is 43.7 Å². The van der Waals surface area contributed by atoms with Crippen molar-refractivity contribution in [3.8, 4) is 11.8 Å². The molecule has 0 unspecified atom stereocenters. The predicted octanol–water partition coefficient (Wildman–Crippen LogP) is 3.28. The van der Waals surface area contributed by atoms with Gasteiger partial charge in [-0.25, -0.2) is 4.68 Å². The summed E-state index contributed by atoms with van der Waals surface area (Å²) in [6, 6.07) is 15.8. The standard InChI is InChI=1S/C21H21N5OS/c22-11-17-8-9-18(28-17)13-25-10-4-5-15(12-25)20-19(21(23)27)14-26(24-20)16-6-2-1-3-7-16/h1-3,6-9,14-15H,4-5,10,12-13H2,(H2,23,27)/t15-/m0/s1. The second kappa shape index (κ2) is 7.97. The number of rotatable bonds is 5. The van der Waals surface area contributed by atoms with E-state index in [4.69, 9.17) is 16.1 Å². The van der Waals surface area contributed by atoms with Crippen LogP contribution in [0.2, 0.25) is 0 Å². The van der Waals surface area contributed by atoms with Gasteiger partial charge in [0.05, 0.1) is 16.9 Å². The zero-order valence-corrected chi connectivity index (χ0v) is 16.2. The molecule has 142 valence electrons. The quantitative estimate of drug-likeness (QED) is 0.723. The van der Waals surface area contributed by atoms with Crippen LogP contribution in [0.5, 0.6) is 0 Å². The molecule has 28 heavy (non-hydrogen) atoms. The van der Waals surface area contributed by atoms with Gasteiger partial charge >= 0.3 is 0 Å². The van der Waals surface area contributed by atoms with E-state index in [1.54, 1.807) is 10.9 Å². The van der Waals surface area contributed by atoms with Gasteiger partial charge in [0.25, 0.3) is 5.91 Å². The highest BCUT2D eigenvalue weighted by Crippen LogP contribution is 2.30. The van der Waals surface area contributed by atoms with Crippen LogP contribution in [0.1, 0.15) is 44.6 Å². The summed E-state index contributed by atoms with van der Waals surface area (Å²) in [5, 5.41) is 13.8. The summed E-state index contributed by atoms with van der Waals surface area (Å²) in [5.41, 5.74) is 7.84. The van der Waals surface area contributed by atoms with E-state index in [0.29, 0.717) is 5.56 Å². The van der Waals surface area contributed by atoms with Gasteiger partial charge < -0.3 is 5.73 Å². The summed E-state index contributed by atoms with van der Waals surface area (Å²) in [5.74, 6) is -0.275. The minimum atomic E-state index is -0.439. The third-order valence-electron chi connectivity index (χ3n) is 5.07. The van der Waals surface area contributed by atoms with Crippen LogP contribution in [-0.2, 0) is 6.54 Å². The van der Waals surface area contributed by atoms with Crippen LogP contribution in [0.25, 0.3) is 5.69 Å². The van der Waals surface area contributed by atoms with Crippen molar-refractivity contribution in [3.63, 3.8) is 0 Å². The lowest BCUT2D eigenvalue weighted by Gasteiger charge is -2.31. The zero-order chi connectivity index (χ0) is 19.5. The number of hydrogen-bond acceptors (Lipinski definition) is 5. The molecule has 3 heterocycles. The SMILES string of the molecule is N#Cc1ccc(CN2CCC[C@H](c3nn(-c4ccccc4)cc3C(N)=O)C2)s1. The molecule has 6 nitrogen and oxygen atoms in total. The van der Waals surface area contributed by atoms with Gasteiger partial charge in [0, 0.05) is 30.1 Å². The molecule has 1 aromatic carbocycles. The fourth-order valence-electron chi connectivity index (χ4n) is 3.76. The topological polar surface area (TPSA) is 87.9 Å². The summed E-state index contributed by atoms with van der Waals surface area (Å²) in [7, 11) is 0. The Bertz CT molecular complexity index is 1020. The molecule has 0 bridgehead atoms. The third kappa shape index (κ3) is 3.84. The summed E-state index contributed by atoms with van der Waals surface area (Å²) in [4.78, 5) is 16.3. The normalized spacial score (nSPS) is 17.3. The Labute approximate surface area is 167 Å². The lowest BCUT2D eigenvalue weighted by atomic mass is 9.92. The fraction of sp³-hybridized carbons (Fsp3) is 0.286. The summed E-state index contributed by atoms with van der Waals surface area (Å²) in [6.07, 6.45) is 3.76. The minimum absolute atomic E-state index is 0.164. The van der Waals surface area contributed by atoms with Crippen LogP contribution in [-0.4, -0.2) is 33.7 Å². The first-order valence-electron chi connectivity index (χ1n) is 9.30. The number of carbonyl (C=O) groups is 1. The maximum Gasteiger partial charge on any atom is 0.252 e. The van der Waals surface area contributed by atoms with Crippen LogP contribution < -0.4 is 5.73 Å². The van der Waals surface area contributed by atoms with E-state index in [9.17, 15) is 4.79 Å². The lowest BCUT2D eigenvalue weighted by Crippen LogP contribution is -2.34. The number of primary amides is 1. The van der Waals surface area contributed by atoms with Crippen molar-refractivity contribution in [2.75, 3.05) is 13.1 Å². The number of hydrogen-bond donors (Lipinski definition) is 1. The van der Waals surface area contributed by atoms with E-state index in [0.717, 1.165) is 48.7 Å². The van der Waals surface area contributed by atoms with Crippen LogP contribution in [0.15, 0.2) is 48.7 Å². The van der Waals surface area contributed by atoms with Crippen molar-refractivity contribution in [1.29, 1.82) is 5.26 Å². The Balaban J connectivity index is 1.56. The molecule has 0 aliphatic carbocycles. The summed E-state index contributed by atoms with van der Waals surface area (Å²) < 4.78 is 1.74. The highest BCUT2D eigenvalue weighted by Gasteiger charge is 2.28. The molecule has 1 aliphatic rings. The van der Waals surface area contributed by atoms with E-state index in [-0.39, 0.29) is 5.92 Å². The molecule has 1 saturated heterocycles. The molecule has 0 spiro atoms. The van der Waals surface area contributed by atoms with Gasteiger partial charge in [-0.2, -0.15) is 10.4 Å². The van der Waals surface area contributed by atoms with Gasteiger partial charge in [-0.15, -0.1) is 11.3 Å². The van der Waals surface area contributed by atoms with Crippen LogP contribution in [0.3, 0.4) is 0 Å². The Morgan fingerprint density at radius 2 is 2.11 bits per heavy atom. The molecule has 1 amide bonds. The van der Waals surface area contributed by atoms with E-state index in [2.05, 4.69) is 11.0 Å². The zero-order valence-electron chi connectivity index (χ0n) is 15.4. The number of piperidine rings is 1. The lowest BCUT2D eigenvalue weighted by molar-refractivity contribution is 0.0997.